The number of aromatic nitrogens is 2. The van der Waals surface area contributed by atoms with E-state index in [2.05, 4.69) is 5.10 Å². The van der Waals surface area contributed by atoms with E-state index < -0.39 is 5.76 Å². The third kappa shape index (κ3) is 2.44. The first-order chi connectivity index (χ1) is 7.91. The van der Waals surface area contributed by atoms with Gasteiger partial charge in [0.25, 0.3) is 0 Å². The Labute approximate surface area is 103 Å². The van der Waals surface area contributed by atoms with Crippen molar-refractivity contribution in [2.75, 3.05) is 7.11 Å². The van der Waals surface area contributed by atoms with Crippen molar-refractivity contribution in [3.05, 3.63) is 27.7 Å². The van der Waals surface area contributed by atoms with E-state index in [0.717, 1.165) is 11.1 Å². The van der Waals surface area contributed by atoms with E-state index in [1.165, 1.54) is 7.11 Å². The van der Waals surface area contributed by atoms with Gasteiger partial charge in [-0.2, -0.15) is 4.68 Å². The second-order valence-corrected chi connectivity index (χ2v) is 5.06. The van der Waals surface area contributed by atoms with Crippen molar-refractivity contribution in [2.45, 2.75) is 20.3 Å². The molecular weight excluding hydrogens is 244 g/mol. The van der Waals surface area contributed by atoms with Gasteiger partial charge in [0.2, 0.25) is 0 Å². The lowest BCUT2D eigenvalue weighted by atomic mass is 9.85. The second-order valence-electron chi connectivity index (χ2n) is 4.58. The number of allylic oxidation sites excluding steroid dienone is 4. The predicted octanol–water partition coefficient (Wildman–Crippen LogP) is 2.24. The van der Waals surface area contributed by atoms with Gasteiger partial charge in [0, 0.05) is 5.03 Å². The van der Waals surface area contributed by atoms with Crippen molar-refractivity contribution in [1.82, 2.24) is 9.78 Å². The first-order valence-electron chi connectivity index (χ1n) is 5.15. The van der Waals surface area contributed by atoms with Gasteiger partial charge in [-0.05, 0) is 17.9 Å². The lowest BCUT2D eigenvalue weighted by Crippen LogP contribution is -2.20. The van der Waals surface area contributed by atoms with Gasteiger partial charge in [0.05, 0.1) is 12.8 Å². The van der Waals surface area contributed by atoms with E-state index in [-0.39, 0.29) is 11.5 Å². The minimum atomic E-state index is -0.591. The Morgan fingerprint density at radius 2 is 2.29 bits per heavy atom. The summed E-state index contributed by atoms with van der Waals surface area (Å²) in [6.07, 6.45) is 4.31. The van der Waals surface area contributed by atoms with E-state index in [9.17, 15) is 4.79 Å². The Morgan fingerprint density at radius 3 is 2.82 bits per heavy atom. The van der Waals surface area contributed by atoms with Crippen LogP contribution in [0.5, 0.6) is 6.08 Å². The van der Waals surface area contributed by atoms with E-state index in [1.54, 1.807) is 6.08 Å². The molecular formula is C11H13ClN2O3. The van der Waals surface area contributed by atoms with Crippen LogP contribution in [0.2, 0.25) is 0 Å². The maximum absolute atomic E-state index is 11.6. The minimum Gasteiger partial charge on any atom is -0.452 e. The van der Waals surface area contributed by atoms with Crippen molar-refractivity contribution in [3.63, 3.8) is 0 Å². The molecule has 0 spiro atoms. The molecule has 1 aromatic rings. The van der Waals surface area contributed by atoms with Gasteiger partial charge in [0.1, 0.15) is 0 Å². The van der Waals surface area contributed by atoms with E-state index in [4.69, 9.17) is 20.8 Å². The van der Waals surface area contributed by atoms with Crippen LogP contribution in [-0.4, -0.2) is 16.9 Å². The van der Waals surface area contributed by atoms with Gasteiger partial charge in [-0.25, -0.2) is 4.79 Å². The lowest BCUT2D eigenvalue weighted by molar-refractivity contribution is 0.282. The van der Waals surface area contributed by atoms with Crippen molar-refractivity contribution in [1.29, 1.82) is 0 Å². The Hall–Kier alpha value is -1.49. The first-order valence-corrected chi connectivity index (χ1v) is 5.52. The van der Waals surface area contributed by atoms with Gasteiger partial charge in [-0.15, -0.1) is 0 Å². The normalized spacial score (nSPS) is 18.6. The predicted molar refractivity (Wildman–Crippen MR) is 63.9 cm³/mol. The smallest absolute Gasteiger partial charge is 0.444 e. The fourth-order valence-electron chi connectivity index (χ4n) is 1.77. The molecule has 2 rings (SSSR count). The Morgan fingerprint density at radius 1 is 1.59 bits per heavy atom. The molecule has 0 N–H and O–H groups in total. The molecule has 1 heterocycles. The molecule has 0 saturated carbocycles. The van der Waals surface area contributed by atoms with Crippen molar-refractivity contribution in [3.8, 4) is 6.08 Å². The van der Waals surface area contributed by atoms with E-state index in [0.29, 0.717) is 10.7 Å². The van der Waals surface area contributed by atoms with Crippen LogP contribution in [0.25, 0.3) is 5.70 Å². The SMILES string of the molecule is COc1nn(C2=CC(C)(C)CC(Cl)=C2)c(=O)o1. The lowest BCUT2D eigenvalue weighted by Gasteiger charge is -2.24. The van der Waals surface area contributed by atoms with Crippen LogP contribution in [-0.2, 0) is 0 Å². The van der Waals surface area contributed by atoms with Crippen LogP contribution >= 0.6 is 11.6 Å². The molecule has 6 heteroatoms. The molecule has 0 atom stereocenters. The fraction of sp³-hybridized carbons (Fsp3) is 0.455. The number of halogens is 1. The summed E-state index contributed by atoms with van der Waals surface area (Å²) in [7, 11) is 1.39. The summed E-state index contributed by atoms with van der Waals surface area (Å²) in [6, 6.07) is 0. The molecule has 92 valence electrons. The van der Waals surface area contributed by atoms with Crippen LogP contribution in [0.4, 0.5) is 0 Å². The molecule has 1 aromatic heterocycles. The number of nitrogens with zero attached hydrogens (tertiary/aromatic N) is 2. The van der Waals surface area contributed by atoms with E-state index >= 15 is 0 Å². The highest BCUT2D eigenvalue weighted by Crippen LogP contribution is 2.35. The summed E-state index contributed by atoms with van der Waals surface area (Å²) in [5.41, 5.74) is 0.482. The van der Waals surface area contributed by atoms with Crippen LogP contribution in [0, 0.1) is 5.41 Å². The molecule has 0 amide bonds. The quantitative estimate of drug-likeness (QED) is 0.814. The highest BCUT2D eigenvalue weighted by Gasteiger charge is 2.24. The number of hydrogen-bond acceptors (Lipinski definition) is 4. The molecule has 1 aliphatic carbocycles. The molecule has 0 fully saturated rings. The summed E-state index contributed by atoms with van der Waals surface area (Å²) >= 11 is 6.05. The van der Waals surface area contributed by atoms with Gasteiger partial charge in [0.15, 0.2) is 0 Å². The van der Waals surface area contributed by atoms with Gasteiger partial charge in [-0.3, -0.25) is 0 Å². The minimum absolute atomic E-state index is 0.0659. The summed E-state index contributed by atoms with van der Waals surface area (Å²) in [5.74, 6) is -0.591. The zero-order valence-electron chi connectivity index (χ0n) is 9.86. The molecule has 0 aliphatic heterocycles. The molecule has 0 saturated heterocycles. The second kappa shape index (κ2) is 4.07. The molecule has 1 aliphatic rings. The van der Waals surface area contributed by atoms with Crippen LogP contribution in [0.15, 0.2) is 26.4 Å². The standard InChI is InChI=1S/C11H13ClN2O3/c1-11(2)5-7(12)4-8(6-11)14-10(15)17-9(13-14)16-3/h4,6H,5H2,1-3H3. The third-order valence-corrected chi connectivity index (χ3v) is 2.66. The van der Waals surface area contributed by atoms with Gasteiger partial charge < -0.3 is 9.15 Å². The van der Waals surface area contributed by atoms with Gasteiger partial charge >= 0.3 is 11.8 Å². The van der Waals surface area contributed by atoms with Crippen LogP contribution in [0.3, 0.4) is 0 Å². The number of methoxy groups -OCH3 is 1. The van der Waals surface area contributed by atoms with Crippen molar-refractivity contribution < 1.29 is 9.15 Å². The fourth-order valence-corrected chi connectivity index (χ4v) is 2.22. The Bertz CT molecular complexity index is 551. The maximum Gasteiger partial charge on any atom is 0.444 e. The Balaban J connectivity index is 2.49. The molecule has 17 heavy (non-hydrogen) atoms. The molecule has 0 radical (unpaired) electrons. The topological polar surface area (TPSA) is 57.3 Å². The maximum atomic E-state index is 11.6. The molecule has 5 nitrogen and oxygen atoms in total. The van der Waals surface area contributed by atoms with Gasteiger partial charge in [-0.1, -0.05) is 36.6 Å². The third-order valence-electron chi connectivity index (χ3n) is 2.42. The average Bonchev–Trinajstić information content (AvgIpc) is 2.56. The molecule has 0 bridgehead atoms. The average molecular weight is 257 g/mol. The summed E-state index contributed by atoms with van der Waals surface area (Å²) in [4.78, 5) is 11.6. The number of ether oxygens (including phenoxy) is 1. The molecule has 0 aromatic carbocycles. The first kappa shape index (κ1) is 12.0. The summed E-state index contributed by atoms with van der Waals surface area (Å²) < 4.78 is 10.7. The summed E-state index contributed by atoms with van der Waals surface area (Å²) in [5, 5.41) is 4.58. The largest absolute Gasteiger partial charge is 0.452 e. The van der Waals surface area contributed by atoms with Crippen molar-refractivity contribution >= 4 is 17.3 Å². The zero-order valence-corrected chi connectivity index (χ0v) is 10.6. The van der Waals surface area contributed by atoms with Crippen LogP contribution < -0.4 is 10.5 Å². The monoisotopic (exact) mass is 256 g/mol. The van der Waals surface area contributed by atoms with Crippen molar-refractivity contribution in [2.24, 2.45) is 5.41 Å². The highest BCUT2D eigenvalue weighted by atomic mass is 35.5. The number of hydrogen-bond donors (Lipinski definition) is 0. The summed E-state index contributed by atoms with van der Waals surface area (Å²) in [6.45, 7) is 4.06. The Kier molecular flexibility index (Phi) is 2.87. The number of rotatable bonds is 2. The highest BCUT2D eigenvalue weighted by molar-refractivity contribution is 6.30. The van der Waals surface area contributed by atoms with Crippen LogP contribution in [0.1, 0.15) is 20.3 Å². The molecule has 0 unspecified atom stereocenters. The zero-order chi connectivity index (χ0) is 12.6. The van der Waals surface area contributed by atoms with E-state index in [1.807, 2.05) is 19.9 Å².